The van der Waals surface area contributed by atoms with Crippen molar-refractivity contribution in [3.8, 4) is 33.6 Å². The molecule has 3 heteroatoms. The quantitative estimate of drug-likeness (QED) is 0.173. The van der Waals surface area contributed by atoms with E-state index in [-0.39, 0.29) is 25.5 Å². The number of aromatic nitrogens is 2. The predicted molar refractivity (Wildman–Crippen MR) is 152 cm³/mol. The van der Waals surface area contributed by atoms with Gasteiger partial charge in [0.05, 0.1) is 5.52 Å². The molecule has 38 heavy (non-hydrogen) atoms. The van der Waals surface area contributed by atoms with Crippen molar-refractivity contribution in [3.63, 3.8) is 0 Å². The fourth-order valence-corrected chi connectivity index (χ4v) is 5.29. The van der Waals surface area contributed by atoms with Gasteiger partial charge in [-0.15, -0.1) is 71.8 Å². The van der Waals surface area contributed by atoms with Gasteiger partial charge in [-0.3, -0.25) is 4.98 Å². The summed E-state index contributed by atoms with van der Waals surface area (Å²) in [5.74, 6) is 0. The molecule has 0 aliphatic heterocycles. The van der Waals surface area contributed by atoms with Crippen LogP contribution in [0, 0.1) is 12.1 Å². The number of rotatable bonds is 2. The first kappa shape index (κ1) is 25.7. The molecule has 1 aliphatic carbocycles. The summed E-state index contributed by atoms with van der Waals surface area (Å²) in [5.41, 5.74) is 10.4. The third-order valence-corrected chi connectivity index (χ3v) is 7.00. The van der Waals surface area contributed by atoms with Gasteiger partial charge < -0.3 is 4.98 Å². The van der Waals surface area contributed by atoms with E-state index in [9.17, 15) is 0 Å². The Balaban J connectivity index is 0.000000191. The van der Waals surface area contributed by atoms with Gasteiger partial charge in [-0.2, -0.15) is 0 Å². The van der Waals surface area contributed by atoms with E-state index in [0.717, 1.165) is 28.0 Å². The SMILES string of the molecule is CC1(C)c2ccccc2-c2c1c(-c1[c-]cccc1)nc1ccccc21.[Ir].[c-]1ccccc1-c1ccccn1. The number of pyridine rings is 2. The number of benzene rings is 4. The molecule has 2 heterocycles. The first-order valence-electron chi connectivity index (χ1n) is 12.5. The maximum atomic E-state index is 5.06. The van der Waals surface area contributed by atoms with E-state index in [1.54, 1.807) is 6.20 Å². The minimum atomic E-state index is -0.0814. The Bertz CT molecular complexity index is 1640. The van der Waals surface area contributed by atoms with Crippen LogP contribution >= 0.6 is 0 Å². The summed E-state index contributed by atoms with van der Waals surface area (Å²) in [7, 11) is 0. The number of fused-ring (bicyclic) bond motifs is 5. The van der Waals surface area contributed by atoms with Crippen LogP contribution in [-0.4, -0.2) is 9.97 Å². The van der Waals surface area contributed by atoms with Gasteiger partial charge in [0.1, 0.15) is 0 Å². The standard InChI is InChI=1S/C24H18N.C11H8N.Ir/c1-24(2)19-14-8-6-12-17(19)21-18-13-7-9-15-20(18)25-23(22(21)24)16-10-4-3-5-11-16;1-2-6-10(7-3-1)11-8-4-5-9-12-11;/h3-10,12-15H,1-2H3;1-6,8-9H;/q2*-1;. The van der Waals surface area contributed by atoms with Gasteiger partial charge in [0.2, 0.25) is 0 Å². The van der Waals surface area contributed by atoms with Crippen molar-refractivity contribution in [3.05, 3.63) is 145 Å². The molecule has 1 aliphatic rings. The second-order valence-electron chi connectivity index (χ2n) is 9.67. The van der Waals surface area contributed by atoms with Gasteiger partial charge in [-0.05, 0) is 45.8 Å². The van der Waals surface area contributed by atoms with Crippen molar-refractivity contribution in [2.24, 2.45) is 0 Å². The van der Waals surface area contributed by atoms with Crippen molar-refractivity contribution < 1.29 is 20.1 Å². The fourth-order valence-electron chi connectivity index (χ4n) is 5.29. The van der Waals surface area contributed by atoms with Gasteiger partial charge in [0.15, 0.2) is 0 Å². The second-order valence-corrected chi connectivity index (χ2v) is 9.67. The van der Waals surface area contributed by atoms with Gasteiger partial charge in [0, 0.05) is 37.1 Å². The Morgan fingerprint density at radius 3 is 2.03 bits per heavy atom. The van der Waals surface area contributed by atoms with Crippen molar-refractivity contribution in [2.75, 3.05) is 0 Å². The zero-order valence-corrected chi connectivity index (χ0v) is 23.7. The first-order chi connectivity index (χ1) is 18.1. The summed E-state index contributed by atoms with van der Waals surface area (Å²) in [6.45, 7) is 4.61. The van der Waals surface area contributed by atoms with E-state index in [1.807, 2.05) is 54.6 Å². The molecule has 0 amide bonds. The third-order valence-electron chi connectivity index (χ3n) is 7.00. The Labute approximate surface area is 237 Å². The van der Waals surface area contributed by atoms with Crippen molar-refractivity contribution in [1.29, 1.82) is 0 Å². The summed E-state index contributed by atoms with van der Waals surface area (Å²) in [4.78, 5) is 9.28. The van der Waals surface area contributed by atoms with Crippen molar-refractivity contribution >= 4 is 10.9 Å². The van der Waals surface area contributed by atoms with Gasteiger partial charge in [0.25, 0.3) is 0 Å². The van der Waals surface area contributed by atoms with Crippen molar-refractivity contribution in [1.82, 2.24) is 9.97 Å². The molecule has 0 spiro atoms. The number of hydrogen-bond donors (Lipinski definition) is 0. The van der Waals surface area contributed by atoms with E-state index in [0.29, 0.717) is 0 Å². The Morgan fingerprint density at radius 1 is 0.658 bits per heavy atom. The first-order valence-corrected chi connectivity index (χ1v) is 12.5. The van der Waals surface area contributed by atoms with Crippen LogP contribution in [0.15, 0.2) is 121 Å². The monoisotopic (exact) mass is 667 g/mol. The molecule has 0 bridgehead atoms. The number of nitrogens with zero attached hydrogens (tertiary/aromatic N) is 2. The summed E-state index contributed by atoms with van der Waals surface area (Å²) in [6, 6.07) is 45.6. The number of para-hydroxylation sites is 1. The molecule has 0 atom stereocenters. The molecule has 2 aromatic heterocycles. The molecule has 0 fully saturated rings. The molecule has 4 aromatic carbocycles. The Morgan fingerprint density at radius 2 is 1.32 bits per heavy atom. The van der Waals surface area contributed by atoms with Crippen LogP contribution in [0.1, 0.15) is 25.0 Å². The van der Waals surface area contributed by atoms with E-state index >= 15 is 0 Å². The summed E-state index contributed by atoms with van der Waals surface area (Å²) >= 11 is 0. The van der Waals surface area contributed by atoms with Gasteiger partial charge in [-0.25, -0.2) is 0 Å². The van der Waals surface area contributed by atoms with Crippen LogP contribution in [0.3, 0.4) is 0 Å². The van der Waals surface area contributed by atoms with Crippen LogP contribution in [-0.2, 0) is 25.5 Å². The van der Waals surface area contributed by atoms with E-state index in [4.69, 9.17) is 4.98 Å². The minimum Gasteiger partial charge on any atom is -0.305 e. The summed E-state index contributed by atoms with van der Waals surface area (Å²) in [5, 5.41) is 1.23. The summed E-state index contributed by atoms with van der Waals surface area (Å²) < 4.78 is 0. The molecular weight excluding hydrogens is 641 g/mol. The zero-order valence-electron chi connectivity index (χ0n) is 21.3. The molecule has 0 saturated heterocycles. The van der Waals surface area contributed by atoms with Crippen LogP contribution in [0.5, 0.6) is 0 Å². The summed E-state index contributed by atoms with van der Waals surface area (Å²) in [6.07, 6.45) is 1.79. The molecule has 0 saturated carbocycles. The predicted octanol–water partition coefficient (Wildman–Crippen LogP) is 8.55. The molecule has 1 radical (unpaired) electrons. The average molecular weight is 667 g/mol. The minimum absolute atomic E-state index is 0. The largest absolute Gasteiger partial charge is 0.305 e. The van der Waals surface area contributed by atoms with Crippen LogP contribution < -0.4 is 0 Å². The molecule has 2 nitrogen and oxygen atoms in total. The van der Waals surface area contributed by atoms with Gasteiger partial charge in [-0.1, -0.05) is 68.4 Å². The topological polar surface area (TPSA) is 25.8 Å². The zero-order chi connectivity index (χ0) is 25.2. The fraction of sp³-hybridized carbons (Fsp3) is 0.0857. The Kier molecular flexibility index (Phi) is 7.33. The van der Waals surface area contributed by atoms with Crippen LogP contribution in [0.4, 0.5) is 0 Å². The molecule has 0 unspecified atom stereocenters. The van der Waals surface area contributed by atoms with E-state index in [2.05, 4.69) is 91.6 Å². The molecular formula is C35H26IrN2-2. The van der Waals surface area contributed by atoms with Crippen LogP contribution in [0.2, 0.25) is 0 Å². The third kappa shape index (κ3) is 4.60. The van der Waals surface area contributed by atoms with E-state index < -0.39 is 0 Å². The smallest absolute Gasteiger partial charge is 0.0601 e. The second kappa shape index (κ2) is 10.8. The molecule has 187 valence electrons. The van der Waals surface area contributed by atoms with Crippen molar-refractivity contribution in [2.45, 2.75) is 19.3 Å². The molecule has 0 N–H and O–H groups in total. The van der Waals surface area contributed by atoms with Crippen LogP contribution in [0.25, 0.3) is 44.5 Å². The number of hydrogen-bond acceptors (Lipinski definition) is 2. The van der Waals surface area contributed by atoms with Gasteiger partial charge >= 0.3 is 0 Å². The molecule has 7 rings (SSSR count). The molecule has 6 aromatic rings. The average Bonchev–Trinajstić information content (AvgIpc) is 3.22. The van der Waals surface area contributed by atoms with E-state index in [1.165, 1.54) is 27.6 Å². The maximum absolute atomic E-state index is 5.06. The Hall–Kier alpha value is -3.91. The maximum Gasteiger partial charge on any atom is 0.0601 e. The normalized spacial score (nSPS) is 12.5.